The van der Waals surface area contributed by atoms with E-state index in [0.717, 1.165) is 18.0 Å². The van der Waals surface area contributed by atoms with Crippen molar-refractivity contribution in [1.82, 2.24) is 5.32 Å². The summed E-state index contributed by atoms with van der Waals surface area (Å²) in [6, 6.07) is 1.68. The van der Waals surface area contributed by atoms with Crippen LogP contribution < -0.4 is 5.32 Å². The van der Waals surface area contributed by atoms with Gasteiger partial charge < -0.3 is 5.32 Å². The second-order valence-electron chi connectivity index (χ2n) is 5.72. The lowest BCUT2D eigenvalue weighted by Crippen LogP contribution is -2.43. The molecular weight excluding hydrogens is 182 g/mol. The standard InChI is InChI=1S/C14H27N/c1-12-8-6-7-11-14(12)15-13-9-4-2-3-5-10-13/h12-15H,2-11H2,1H3. The van der Waals surface area contributed by atoms with E-state index in [9.17, 15) is 0 Å². The van der Waals surface area contributed by atoms with Crippen LogP contribution in [0, 0.1) is 5.92 Å². The smallest absolute Gasteiger partial charge is 0.00952 e. The molecule has 2 unspecified atom stereocenters. The Morgan fingerprint density at radius 1 is 0.733 bits per heavy atom. The van der Waals surface area contributed by atoms with Gasteiger partial charge in [0.2, 0.25) is 0 Å². The first-order chi connectivity index (χ1) is 7.36. The summed E-state index contributed by atoms with van der Waals surface area (Å²) in [6.45, 7) is 2.44. The predicted octanol–water partition coefficient (Wildman–Crippen LogP) is 3.88. The number of hydrogen-bond donors (Lipinski definition) is 1. The third kappa shape index (κ3) is 3.48. The van der Waals surface area contributed by atoms with E-state index in [4.69, 9.17) is 0 Å². The topological polar surface area (TPSA) is 12.0 Å². The zero-order valence-electron chi connectivity index (χ0n) is 10.3. The quantitative estimate of drug-likeness (QED) is 0.681. The molecule has 0 saturated heterocycles. The fourth-order valence-electron chi connectivity index (χ4n) is 3.31. The Kier molecular flexibility index (Phi) is 4.49. The van der Waals surface area contributed by atoms with Crippen molar-refractivity contribution in [3.8, 4) is 0 Å². The monoisotopic (exact) mass is 209 g/mol. The summed E-state index contributed by atoms with van der Waals surface area (Å²) in [4.78, 5) is 0. The maximum absolute atomic E-state index is 3.95. The Labute approximate surface area is 95.0 Å². The van der Waals surface area contributed by atoms with Crippen molar-refractivity contribution in [2.24, 2.45) is 5.92 Å². The van der Waals surface area contributed by atoms with Crippen molar-refractivity contribution >= 4 is 0 Å². The maximum Gasteiger partial charge on any atom is 0.00952 e. The van der Waals surface area contributed by atoms with Crippen molar-refractivity contribution in [2.75, 3.05) is 0 Å². The van der Waals surface area contributed by atoms with Crippen LogP contribution in [0.25, 0.3) is 0 Å². The molecule has 2 atom stereocenters. The van der Waals surface area contributed by atoms with Crippen LogP contribution in [0.1, 0.15) is 71.1 Å². The van der Waals surface area contributed by atoms with Crippen molar-refractivity contribution in [1.29, 1.82) is 0 Å². The van der Waals surface area contributed by atoms with Gasteiger partial charge in [-0.05, 0) is 31.6 Å². The van der Waals surface area contributed by atoms with Gasteiger partial charge >= 0.3 is 0 Å². The van der Waals surface area contributed by atoms with Crippen LogP contribution in [0.4, 0.5) is 0 Å². The zero-order valence-corrected chi connectivity index (χ0v) is 10.3. The third-order valence-electron chi connectivity index (χ3n) is 4.42. The maximum atomic E-state index is 3.95. The summed E-state index contributed by atoms with van der Waals surface area (Å²) in [5, 5.41) is 3.95. The van der Waals surface area contributed by atoms with Crippen LogP contribution in [-0.2, 0) is 0 Å². The average Bonchev–Trinajstić information content (AvgIpc) is 2.50. The Morgan fingerprint density at radius 2 is 1.33 bits per heavy atom. The Morgan fingerprint density at radius 3 is 2.00 bits per heavy atom. The highest BCUT2D eigenvalue weighted by Crippen LogP contribution is 2.26. The van der Waals surface area contributed by atoms with Gasteiger partial charge in [-0.15, -0.1) is 0 Å². The number of rotatable bonds is 2. The molecule has 0 heterocycles. The van der Waals surface area contributed by atoms with E-state index >= 15 is 0 Å². The van der Waals surface area contributed by atoms with E-state index in [1.54, 1.807) is 0 Å². The second kappa shape index (κ2) is 5.89. The van der Waals surface area contributed by atoms with Crippen LogP contribution >= 0.6 is 0 Å². The molecule has 2 rings (SSSR count). The van der Waals surface area contributed by atoms with E-state index < -0.39 is 0 Å². The number of hydrogen-bond acceptors (Lipinski definition) is 1. The van der Waals surface area contributed by atoms with Gasteiger partial charge in [0.25, 0.3) is 0 Å². The lowest BCUT2D eigenvalue weighted by molar-refractivity contribution is 0.249. The molecule has 0 aromatic rings. The van der Waals surface area contributed by atoms with Crippen LogP contribution in [0.2, 0.25) is 0 Å². The fraction of sp³-hybridized carbons (Fsp3) is 1.00. The molecule has 0 aromatic heterocycles. The molecule has 1 heteroatoms. The van der Waals surface area contributed by atoms with E-state index in [1.165, 1.54) is 64.2 Å². The molecule has 1 nitrogen and oxygen atoms in total. The lowest BCUT2D eigenvalue weighted by atomic mass is 9.85. The van der Waals surface area contributed by atoms with E-state index in [-0.39, 0.29) is 0 Å². The minimum atomic E-state index is 0.835. The van der Waals surface area contributed by atoms with E-state index in [2.05, 4.69) is 12.2 Å². The molecule has 2 saturated carbocycles. The molecule has 0 bridgehead atoms. The van der Waals surface area contributed by atoms with Gasteiger partial charge in [-0.25, -0.2) is 0 Å². The highest BCUT2D eigenvalue weighted by Gasteiger charge is 2.23. The largest absolute Gasteiger partial charge is 0.311 e. The van der Waals surface area contributed by atoms with Crippen molar-refractivity contribution in [2.45, 2.75) is 83.2 Å². The van der Waals surface area contributed by atoms with E-state index in [1.807, 2.05) is 0 Å². The molecule has 1 N–H and O–H groups in total. The lowest BCUT2D eigenvalue weighted by Gasteiger charge is -2.33. The van der Waals surface area contributed by atoms with Gasteiger partial charge in [0, 0.05) is 12.1 Å². The molecule has 0 radical (unpaired) electrons. The van der Waals surface area contributed by atoms with Gasteiger partial charge in [0.05, 0.1) is 0 Å². The summed E-state index contributed by atoms with van der Waals surface area (Å²) >= 11 is 0. The van der Waals surface area contributed by atoms with Gasteiger partial charge in [0.15, 0.2) is 0 Å². The molecule has 0 spiro atoms. The highest BCUT2D eigenvalue weighted by atomic mass is 15.0. The van der Waals surface area contributed by atoms with Crippen LogP contribution in [-0.4, -0.2) is 12.1 Å². The summed E-state index contributed by atoms with van der Waals surface area (Å²) in [6.07, 6.45) is 14.5. The van der Waals surface area contributed by atoms with Crippen LogP contribution in [0.3, 0.4) is 0 Å². The van der Waals surface area contributed by atoms with Crippen LogP contribution in [0.15, 0.2) is 0 Å². The Balaban J connectivity index is 1.78. The molecule has 2 aliphatic carbocycles. The summed E-state index contributed by atoms with van der Waals surface area (Å²) < 4.78 is 0. The first-order valence-corrected chi connectivity index (χ1v) is 7.12. The molecule has 88 valence electrons. The van der Waals surface area contributed by atoms with Crippen molar-refractivity contribution < 1.29 is 0 Å². The molecule has 2 aliphatic rings. The van der Waals surface area contributed by atoms with Gasteiger partial charge in [0.1, 0.15) is 0 Å². The SMILES string of the molecule is CC1CCCCC1NC1CCCCCC1. The second-order valence-corrected chi connectivity index (χ2v) is 5.72. The van der Waals surface area contributed by atoms with Crippen molar-refractivity contribution in [3.05, 3.63) is 0 Å². The minimum absolute atomic E-state index is 0.835. The fourth-order valence-corrected chi connectivity index (χ4v) is 3.31. The molecular formula is C14H27N. The molecule has 15 heavy (non-hydrogen) atoms. The van der Waals surface area contributed by atoms with Gasteiger partial charge in [-0.2, -0.15) is 0 Å². The predicted molar refractivity (Wildman–Crippen MR) is 66.0 cm³/mol. The third-order valence-corrected chi connectivity index (χ3v) is 4.42. The van der Waals surface area contributed by atoms with Gasteiger partial charge in [-0.3, -0.25) is 0 Å². The first kappa shape index (κ1) is 11.4. The van der Waals surface area contributed by atoms with Crippen LogP contribution in [0.5, 0.6) is 0 Å². The molecule has 0 aromatic carbocycles. The molecule has 2 fully saturated rings. The molecule has 0 amide bonds. The zero-order chi connectivity index (χ0) is 10.5. The van der Waals surface area contributed by atoms with Crippen molar-refractivity contribution in [3.63, 3.8) is 0 Å². The first-order valence-electron chi connectivity index (χ1n) is 7.12. The van der Waals surface area contributed by atoms with E-state index in [0.29, 0.717) is 0 Å². The summed E-state index contributed by atoms with van der Waals surface area (Å²) in [7, 11) is 0. The summed E-state index contributed by atoms with van der Waals surface area (Å²) in [5.41, 5.74) is 0. The summed E-state index contributed by atoms with van der Waals surface area (Å²) in [5.74, 6) is 0.919. The Hall–Kier alpha value is -0.0400. The average molecular weight is 209 g/mol. The Bertz CT molecular complexity index is 170. The molecule has 0 aliphatic heterocycles. The van der Waals surface area contributed by atoms with Gasteiger partial charge in [-0.1, -0.05) is 45.4 Å². The normalized spacial score (nSPS) is 35.0. The minimum Gasteiger partial charge on any atom is -0.311 e. The number of nitrogens with one attached hydrogen (secondary N) is 1. The highest BCUT2D eigenvalue weighted by molar-refractivity contribution is 4.82.